The van der Waals surface area contributed by atoms with Crippen molar-refractivity contribution in [2.75, 3.05) is 0 Å². The van der Waals surface area contributed by atoms with Gasteiger partial charge < -0.3 is 9.52 Å². The minimum Gasteiger partial charge on any atom is -0.475 e. The van der Waals surface area contributed by atoms with Crippen molar-refractivity contribution in [2.24, 2.45) is 5.92 Å². The van der Waals surface area contributed by atoms with Crippen LogP contribution in [0.3, 0.4) is 0 Å². The number of aryl methyl sites for hydroxylation is 1. The summed E-state index contributed by atoms with van der Waals surface area (Å²) in [6.07, 6.45) is 8.37. The summed E-state index contributed by atoms with van der Waals surface area (Å²) in [6.45, 7) is 0. The number of hydrogen-bond donors (Lipinski definition) is 1. The summed E-state index contributed by atoms with van der Waals surface area (Å²) >= 11 is 0. The molecule has 0 atom stereocenters. The van der Waals surface area contributed by atoms with Crippen LogP contribution in [0.5, 0.6) is 0 Å². The van der Waals surface area contributed by atoms with Crippen molar-refractivity contribution >= 4 is 5.97 Å². The fraction of sp³-hybridized carbons (Fsp3) is 0.636. The van der Waals surface area contributed by atoms with Gasteiger partial charge in [0.1, 0.15) is 0 Å². The van der Waals surface area contributed by atoms with Crippen molar-refractivity contribution in [1.29, 1.82) is 0 Å². The summed E-state index contributed by atoms with van der Waals surface area (Å²) in [6, 6.07) is 0. The van der Waals surface area contributed by atoms with Gasteiger partial charge in [-0.15, -0.1) is 0 Å². The number of oxazole rings is 1. The first-order chi connectivity index (χ1) is 7.25. The molecule has 1 heterocycles. The average molecular weight is 209 g/mol. The second-order valence-corrected chi connectivity index (χ2v) is 4.11. The maximum Gasteiger partial charge on any atom is 0.373 e. The second kappa shape index (κ2) is 4.47. The molecule has 0 saturated heterocycles. The van der Waals surface area contributed by atoms with Gasteiger partial charge in [0.2, 0.25) is 5.76 Å². The molecule has 0 bridgehead atoms. The molecular weight excluding hydrogens is 194 g/mol. The van der Waals surface area contributed by atoms with Gasteiger partial charge in [0, 0.05) is 6.42 Å². The zero-order valence-corrected chi connectivity index (χ0v) is 8.61. The van der Waals surface area contributed by atoms with E-state index in [1.165, 1.54) is 31.9 Å². The van der Waals surface area contributed by atoms with Crippen LogP contribution in [0.1, 0.15) is 48.5 Å². The molecule has 4 nitrogen and oxygen atoms in total. The predicted molar refractivity (Wildman–Crippen MR) is 53.7 cm³/mol. The Bertz CT molecular complexity index is 339. The van der Waals surface area contributed by atoms with Crippen LogP contribution in [-0.4, -0.2) is 16.1 Å². The Morgan fingerprint density at radius 2 is 2.27 bits per heavy atom. The first kappa shape index (κ1) is 10.2. The fourth-order valence-corrected chi connectivity index (χ4v) is 2.15. The van der Waals surface area contributed by atoms with Gasteiger partial charge in [0.05, 0.1) is 6.20 Å². The molecule has 0 radical (unpaired) electrons. The predicted octanol–water partition coefficient (Wildman–Crippen LogP) is 2.50. The van der Waals surface area contributed by atoms with Gasteiger partial charge in [-0.1, -0.05) is 25.7 Å². The Kier molecular flexibility index (Phi) is 3.04. The highest BCUT2D eigenvalue weighted by molar-refractivity contribution is 5.83. The molecule has 1 fully saturated rings. The smallest absolute Gasteiger partial charge is 0.373 e. The molecular formula is C11H15NO3. The molecule has 1 aliphatic rings. The first-order valence-electron chi connectivity index (χ1n) is 5.43. The largest absolute Gasteiger partial charge is 0.475 e. The van der Waals surface area contributed by atoms with E-state index in [0.29, 0.717) is 5.89 Å². The highest BCUT2D eigenvalue weighted by Crippen LogP contribution is 2.28. The van der Waals surface area contributed by atoms with E-state index < -0.39 is 5.97 Å². The molecule has 1 aromatic heterocycles. The lowest BCUT2D eigenvalue weighted by Crippen LogP contribution is -1.96. The number of hydrogen-bond acceptors (Lipinski definition) is 3. The normalized spacial score (nSPS) is 17.1. The van der Waals surface area contributed by atoms with E-state index in [9.17, 15) is 4.79 Å². The van der Waals surface area contributed by atoms with Crippen LogP contribution < -0.4 is 0 Å². The minimum absolute atomic E-state index is 0.0589. The number of rotatable bonds is 4. The molecule has 0 unspecified atom stereocenters. The van der Waals surface area contributed by atoms with Crippen LogP contribution in [-0.2, 0) is 6.42 Å². The monoisotopic (exact) mass is 209 g/mol. The molecule has 0 aromatic carbocycles. The maximum absolute atomic E-state index is 10.5. The van der Waals surface area contributed by atoms with Gasteiger partial charge in [0.25, 0.3) is 0 Å². The van der Waals surface area contributed by atoms with E-state index in [1.807, 2.05) is 0 Å². The highest BCUT2D eigenvalue weighted by atomic mass is 16.4. The molecule has 4 heteroatoms. The summed E-state index contributed by atoms with van der Waals surface area (Å²) < 4.78 is 5.09. The summed E-state index contributed by atoms with van der Waals surface area (Å²) in [4.78, 5) is 14.5. The van der Waals surface area contributed by atoms with Crippen molar-refractivity contribution in [1.82, 2.24) is 4.98 Å². The summed E-state index contributed by atoms with van der Waals surface area (Å²) in [7, 11) is 0. The third-order valence-corrected chi connectivity index (χ3v) is 3.01. The van der Waals surface area contributed by atoms with E-state index in [2.05, 4.69) is 4.98 Å². The quantitative estimate of drug-likeness (QED) is 0.827. The van der Waals surface area contributed by atoms with Crippen LogP contribution in [0, 0.1) is 5.92 Å². The lowest BCUT2D eigenvalue weighted by Gasteiger charge is -2.05. The lowest BCUT2D eigenvalue weighted by molar-refractivity contribution is 0.0660. The molecule has 1 aliphatic carbocycles. The topological polar surface area (TPSA) is 63.3 Å². The maximum atomic E-state index is 10.5. The lowest BCUT2D eigenvalue weighted by atomic mass is 10.0. The number of aromatic carboxylic acids is 1. The van der Waals surface area contributed by atoms with E-state index in [-0.39, 0.29) is 5.76 Å². The van der Waals surface area contributed by atoms with E-state index in [1.54, 1.807) is 0 Å². The molecule has 15 heavy (non-hydrogen) atoms. The van der Waals surface area contributed by atoms with E-state index in [4.69, 9.17) is 9.52 Å². The molecule has 0 spiro atoms. The first-order valence-corrected chi connectivity index (χ1v) is 5.43. The van der Waals surface area contributed by atoms with Crippen LogP contribution in [0.2, 0.25) is 0 Å². The van der Waals surface area contributed by atoms with Gasteiger partial charge >= 0.3 is 5.97 Å². The molecule has 1 N–H and O–H groups in total. The Labute approximate surface area is 88.3 Å². The standard InChI is InChI=1S/C11H15NO3/c13-11(14)9-7-12-10(15-9)6-5-8-3-1-2-4-8/h7-8H,1-6H2,(H,13,14). The number of nitrogens with zero attached hydrogens (tertiary/aromatic N) is 1. The van der Waals surface area contributed by atoms with Gasteiger partial charge in [-0.3, -0.25) is 0 Å². The third kappa shape index (κ3) is 2.58. The summed E-state index contributed by atoms with van der Waals surface area (Å²) in [5.74, 6) is 0.232. The second-order valence-electron chi connectivity index (χ2n) is 4.11. The fourth-order valence-electron chi connectivity index (χ4n) is 2.15. The van der Waals surface area contributed by atoms with E-state index >= 15 is 0 Å². The van der Waals surface area contributed by atoms with Crippen LogP contribution >= 0.6 is 0 Å². The summed E-state index contributed by atoms with van der Waals surface area (Å²) in [5, 5.41) is 8.64. The Balaban J connectivity index is 1.84. The number of aromatic nitrogens is 1. The van der Waals surface area contributed by atoms with Gasteiger partial charge in [-0.25, -0.2) is 9.78 Å². The van der Waals surface area contributed by atoms with Gasteiger partial charge in [0.15, 0.2) is 5.89 Å². The molecule has 82 valence electrons. The number of carboxylic acids is 1. The molecule has 1 saturated carbocycles. The average Bonchev–Trinajstić information content (AvgIpc) is 2.86. The zero-order valence-electron chi connectivity index (χ0n) is 8.61. The van der Waals surface area contributed by atoms with Gasteiger partial charge in [-0.2, -0.15) is 0 Å². The van der Waals surface area contributed by atoms with E-state index in [0.717, 1.165) is 18.8 Å². The van der Waals surface area contributed by atoms with Gasteiger partial charge in [-0.05, 0) is 12.3 Å². The highest BCUT2D eigenvalue weighted by Gasteiger charge is 2.16. The Morgan fingerprint density at radius 3 is 2.87 bits per heavy atom. The van der Waals surface area contributed by atoms with Crippen LogP contribution in [0.15, 0.2) is 10.6 Å². The van der Waals surface area contributed by atoms with Crippen molar-refractivity contribution in [3.63, 3.8) is 0 Å². The zero-order chi connectivity index (χ0) is 10.7. The van der Waals surface area contributed by atoms with Crippen LogP contribution in [0.4, 0.5) is 0 Å². The third-order valence-electron chi connectivity index (χ3n) is 3.01. The molecule has 2 rings (SSSR count). The molecule has 0 amide bonds. The number of carboxylic acid groups (broad SMARTS) is 1. The van der Waals surface area contributed by atoms with Crippen molar-refractivity contribution < 1.29 is 14.3 Å². The van der Waals surface area contributed by atoms with Crippen molar-refractivity contribution in [2.45, 2.75) is 38.5 Å². The van der Waals surface area contributed by atoms with Crippen molar-refractivity contribution in [3.8, 4) is 0 Å². The Hall–Kier alpha value is -1.32. The SMILES string of the molecule is O=C(O)c1cnc(CCC2CCCC2)o1. The van der Waals surface area contributed by atoms with Crippen LogP contribution in [0.25, 0.3) is 0 Å². The Morgan fingerprint density at radius 1 is 1.53 bits per heavy atom. The van der Waals surface area contributed by atoms with Crippen molar-refractivity contribution in [3.05, 3.63) is 17.8 Å². The molecule has 0 aliphatic heterocycles. The minimum atomic E-state index is -1.05. The summed E-state index contributed by atoms with van der Waals surface area (Å²) in [5.41, 5.74) is 0. The molecule has 1 aromatic rings. The number of carbonyl (C=O) groups is 1.